The number of carboxylic acids is 1. The Bertz CT molecular complexity index is 647. The summed E-state index contributed by atoms with van der Waals surface area (Å²) in [7, 11) is 0. The molecule has 2 aromatic rings. The number of benzene rings is 1. The van der Waals surface area contributed by atoms with Crippen molar-refractivity contribution in [3.05, 3.63) is 52.0 Å². The predicted octanol–water partition coefficient (Wildman–Crippen LogP) is 3.73. The van der Waals surface area contributed by atoms with Crippen LogP contribution in [0.5, 0.6) is 0 Å². The van der Waals surface area contributed by atoms with Gasteiger partial charge in [0.05, 0.1) is 4.47 Å². The van der Waals surface area contributed by atoms with Crippen molar-refractivity contribution in [1.29, 1.82) is 0 Å². The number of carbonyl (C=O) groups is 1. The van der Waals surface area contributed by atoms with Gasteiger partial charge in [-0.1, -0.05) is 0 Å². The molecule has 0 aliphatic rings. The highest BCUT2D eigenvalue weighted by Crippen LogP contribution is 2.26. The van der Waals surface area contributed by atoms with Gasteiger partial charge in [-0.25, -0.2) is 14.2 Å². The number of aromatic nitrogens is 1. The van der Waals surface area contributed by atoms with E-state index < -0.39 is 5.97 Å². The first-order chi connectivity index (χ1) is 8.97. The Morgan fingerprint density at radius 1 is 1.42 bits per heavy atom. The van der Waals surface area contributed by atoms with E-state index in [0.29, 0.717) is 15.8 Å². The van der Waals surface area contributed by atoms with Crippen LogP contribution in [-0.2, 0) is 0 Å². The van der Waals surface area contributed by atoms with E-state index in [9.17, 15) is 9.18 Å². The molecule has 0 fully saturated rings. The third-order valence-corrected chi connectivity index (χ3v) is 3.13. The highest BCUT2D eigenvalue weighted by Gasteiger charge is 2.08. The molecule has 2 N–H and O–H groups in total. The van der Waals surface area contributed by atoms with Crippen LogP contribution in [0.15, 0.2) is 34.9 Å². The fraction of sp³-hybridized carbons (Fsp3) is 0.0769. The van der Waals surface area contributed by atoms with E-state index in [1.165, 1.54) is 18.3 Å². The molecule has 19 heavy (non-hydrogen) atoms. The molecule has 0 atom stereocenters. The van der Waals surface area contributed by atoms with Crippen molar-refractivity contribution in [2.75, 3.05) is 5.32 Å². The number of halogens is 2. The molecule has 1 aromatic carbocycles. The van der Waals surface area contributed by atoms with Crippen molar-refractivity contribution in [2.24, 2.45) is 0 Å². The second-order valence-electron chi connectivity index (χ2n) is 3.94. The van der Waals surface area contributed by atoms with E-state index >= 15 is 0 Å². The summed E-state index contributed by atoms with van der Waals surface area (Å²) in [6.07, 6.45) is 1.39. The summed E-state index contributed by atoms with van der Waals surface area (Å²) < 4.78 is 13.9. The van der Waals surface area contributed by atoms with Crippen molar-refractivity contribution in [2.45, 2.75) is 6.92 Å². The zero-order valence-electron chi connectivity index (χ0n) is 9.95. The van der Waals surface area contributed by atoms with Gasteiger partial charge in [-0.2, -0.15) is 0 Å². The summed E-state index contributed by atoms with van der Waals surface area (Å²) in [5.41, 5.74) is 1.88. The third kappa shape index (κ3) is 3.08. The number of hydrogen-bond acceptors (Lipinski definition) is 3. The van der Waals surface area contributed by atoms with E-state index in [-0.39, 0.29) is 11.5 Å². The Morgan fingerprint density at radius 3 is 2.84 bits per heavy atom. The van der Waals surface area contributed by atoms with Crippen LogP contribution in [0, 0.1) is 12.7 Å². The number of nitrogens with one attached hydrogen (secondary N) is 1. The Kier molecular flexibility index (Phi) is 3.80. The van der Waals surface area contributed by atoms with Gasteiger partial charge in [-0.3, -0.25) is 0 Å². The molecule has 2 rings (SSSR count). The second kappa shape index (κ2) is 5.36. The molecular formula is C13H10BrFN2O2. The van der Waals surface area contributed by atoms with Gasteiger partial charge in [0, 0.05) is 17.6 Å². The summed E-state index contributed by atoms with van der Waals surface area (Å²) in [6, 6.07) is 6.00. The molecule has 1 heterocycles. The molecule has 0 aliphatic heterocycles. The Morgan fingerprint density at radius 2 is 2.16 bits per heavy atom. The quantitative estimate of drug-likeness (QED) is 0.902. The lowest BCUT2D eigenvalue weighted by atomic mass is 10.2. The largest absolute Gasteiger partial charge is 0.477 e. The van der Waals surface area contributed by atoms with Crippen LogP contribution in [0.4, 0.5) is 15.8 Å². The molecule has 0 spiro atoms. The summed E-state index contributed by atoms with van der Waals surface area (Å²) in [5, 5.41) is 11.8. The smallest absolute Gasteiger partial charge is 0.354 e. The van der Waals surface area contributed by atoms with Gasteiger partial charge >= 0.3 is 5.97 Å². The van der Waals surface area contributed by atoms with Gasteiger partial charge in [0.25, 0.3) is 0 Å². The van der Waals surface area contributed by atoms with Crippen LogP contribution in [-0.4, -0.2) is 16.1 Å². The second-order valence-corrected chi connectivity index (χ2v) is 4.80. The number of aromatic carboxylic acids is 1. The Hall–Kier alpha value is -1.95. The van der Waals surface area contributed by atoms with E-state index in [2.05, 4.69) is 26.2 Å². The number of rotatable bonds is 3. The number of nitrogens with zero attached hydrogens (tertiary/aromatic N) is 1. The number of carboxylic acid groups (broad SMARTS) is 1. The predicted molar refractivity (Wildman–Crippen MR) is 73.3 cm³/mol. The summed E-state index contributed by atoms with van der Waals surface area (Å²) >= 11 is 3.11. The number of pyridine rings is 1. The summed E-state index contributed by atoms with van der Waals surface area (Å²) in [4.78, 5) is 14.5. The average Bonchev–Trinajstić information content (AvgIpc) is 2.36. The van der Waals surface area contributed by atoms with Crippen LogP contribution in [0.3, 0.4) is 0 Å². The molecule has 0 saturated carbocycles. The molecule has 0 amide bonds. The standard InChI is InChI=1S/C13H10BrFN2O2/c1-7-4-9(14)10(15)6-11(7)17-8-2-3-16-12(5-8)13(18)19/h2-6H,1H3,(H,16,17)(H,18,19). The normalized spacial score (nSPS) is 10.3. The topological polar surface area (TPSA) is 62.2 Å². The van der Waals surface area contributed by atoms with Crippen molar-refractivity contribution in [1.82, 2.24) is 4.98 Å². The molecule has 0 saturated heterocycles. The molecule has 98 valence electrons. The van der Waals surface area contributed by atoms with Crippen molar-refractivity contribution < 1.29 is 14.3 Å². The van der Waals surface area contributed by atoms with Gasteiger partial charge < -0.3 is 10.4 Å². The molecule has 0 bridgehead atoms. The van der Waals surface area contributed by atoms with Gasteiger partial charge in [-0.15, -0.1) is 0 Å². The lowest BCUT2D eigenvalue weighted by Crippen LogP contribution is -2.01. The monoisotopic (exact) mass is 324 g/mol. The Labute approximate surface area is 117 Å². The van der Waals surface area contributed by atoms with Crippen LogP contribution in [0.2, 0.25) is 0 Å². The zero-order valence-corrected chi connectivity index (χ0v) is 11.5. The molecule has 0 radical (unpaired) electrons. The van der Waals surface area contributed by atoms with Gasteiger partial charge in [0.1, 0.15) is 11.5 Å². The maximum Gasteiger partial charge on any atom is 0.354 e. The van der Waals surface area contributed by atoms with E-state index in [1.807, 2.05) is 6.92 Å². The first kappa shape index (κ1) is 13.5. The van der Waals surface area contributed by atoms with Crippen molar-refractivity contribution >= 4 is 33.3 Å². The highest BCUT2D eigenvalue weighted by atomic mass is 79.9. The summed E-state index contributed by atoms with van der Waals surface area (Å²) in [5.74, 6) is -1.50. The summed E-state index contributed by atoms with van der Waals surface area (Å²) in [6.45, 7) is 1.83. The molecule has 0 aliphatic carbocycles. The van der Waals surface area contributed by atoms with Crippen LogP contribution in [0.25, 0.3) is 0 Å². The molecular weight excluding hydrogens is 315 g/mol. The van der Waals surface area contributed by atoms with E-state index in [0.717, 1.165) is 5.56 Å². The number of anilines is 2. The van der Waals surface area contributed by atoms with Crippen LogP contribution < -0.4 is 5.32 Å². The lowest BCUT2D eigenvalue weighted by Gasteiger charge is -2.10. The third-order valence-electron chi connectivity index (χ3n) is 2.53. The minimum Gasteiger partial charge on any atom is -0.477 e. The first-order valence-corrected chi connectivity index (χ1v) is 6.18. The molecule has 0 unspecified atom stereocenters. The number of hydrogen-bond donors (Lipinski definition) is 2. The molecule has 6 heteroatoms. The lowest BCUT2D eigenvalue weighted by molar-refractivity contribution is 0.0690. The first-order valence-electron chi connectivity index (χ1n) is 5.39. The minimum atomic E-state index is -1.11. The maximum atomic E-state index is 13.5. The average molecular weight is 325 g/mol. The SMILES string of the molecule is Cc1cc(Br)c(F)cc1Nc1ccnc(C(=O)O)c1. The fourth-order valence-electron chi connectivity index (χ4n) is 1.56. The molecule has 1 aromatic heterocycles. The van der Waals surface area contributed by atoms with Crippen molar-refractivity contribution in [3.8, 4) is 0 Å². The number of aryl methyl sites for hydroxylation is 1. The minimum absolute atomic E-state index is 0.0692. The van der Waals surface area contributed by atoms with Gasteiger partial charge in [0.2, 0.25) is 0 Å². The van der Waals surface area contributed by atoms with E-state index in [4.69, 9.17) is 5.11 Å². The fourth-order valence-corrected chi connectivity index (χ4v) is 2.02. The van der Waals surface area contributed by atoms with Gasteiger partial charge in [0.15, 0.2) is 0 Å². The highest BCUT2D eigenvalue weighted by molar-refractivity contribution is 9.10. The zero-order chi connectivity index (χ0) is 14.0. The van der Waals surface area contributed by atoms with Crippen LogP contribution >= 0.6 is 15.9 Å². The molecule has 4 nitrogen and oxygen atoms in total. The maximum absolute atomic E-state index is 13.5. The van der Waals surface area contributed by atoms with Crippen LogP contribution in [0.1, 0.15) is 16.1 Å². The Balaban J connectivity index is 2.33. The van der Waals surface area contributed by atoms with E-state index in [1.54, 1.807) is 12.1 Å². The van der Waals surface area contributed by atoms with Gasteiger partial charge in [-0.05, 0) is 52.7 Å². The van der Waals surface area contributed by atoms with Crippen molar-refractivity contribution in [3.63, 3.8) is 0 Å².